The van der Waals surface area contributed by atoms with Gasteiger partial charge < -0.3 is 4.74 Å². The largest absolute Gasteiger partial charge is 0.357 e. The smallest absolute Gasteiger partial charge is 0.164 e. The van der Waals surface area contributed by atoms with Crippen LogP contribution < -0.4 is 0 Å². The summed E-state index contributed by atoms with van der Waals surface area (Å²) in [6.07, 6.45) is 2.81. The Labute approximate surface area is 66.9 Å². The molecule has 1 saturated carbocycles. The lowest BCUT2D eigenvalue weighted by molar-refractivity contribution is -0.120. The van der Waals surface area contributed by atoms with Gasteiger partial charge in [-0.3, -0.25) is 4.79 Å². The Morgan fingerprint density at radius 1 is 1.64 bits per heavy atom. The Kier molecular flexibility index (Phi) is 1.37. The number of carbonyl (C=O) groups excluding carboxylic acids is 1. The molecule has 0 N–H and O–H groups in total. The van der Waals surface area contributed by atoms with Crippen LogP contribution in [0.5, 0.6) is 0 Å². The van der Waals surface area contributed by atoms with E-state index in [0.717, 1.165) is 19.3 Å². The predicted octanol–water partition coefficient (Wildman–Crippen LogP) is 1.53. The van der Waals surface area contributed by atoms with Crippen LogP contribution in [0.2, 0.25) is 0 Å². The number of hydrogen-bond acceptors (Lipinski definition) is 2. The summed E-state index contributed by atoms with van der Waals surface area (Å²) in [6, 6.07) is 0. The first-order valence-electron chi connectivity index (χ1n) is 4.37. The topological polar surface area (TPSA) is 29.6 Å². The lowest BCUT2D eigenvalue weighted by Crippen LogP contribution is -2.30. The number of rotatable bonds is 1. The summed E-state index contributed by atoms with van der Waals surface area (Å²) in [5.74, 6) is 0.821. The van der Waals surface area contributed by atoms with Crippen molar-refractivity contribution in [3.8, 4) is 0 Å². The van der Waals surface area contributed by atoms with Gasteiger partial charge in [0.2, 0.25) is 0 Å². The summed E-state index contributed by atoms with van der Waals surface area (Å²) in [6.45, 7) is 4.28. The second kappa shape index (κ2) is 2.07. The highest BCUT2D eigenvalue weighted by molar-refractivity contribution is 5.88. The molecule has 0 radical (unpaired) electrons. The van der Waals surface area contributed by atoms with E-state index in [1.165, 1.54) is 0 Å². The molecule has 2 fully saturated rings. The molecule has 2 rings (SSSR count). The molecule has 0 bridgehead atoms. The number of epoxide rings is 1. The van der Waals surface area contributed by atoms with Crippen molar-refractivity contribution < 1.29 is 9.53 Å². The summed E-state index contributed by atoms with van der Waals surface area (Å²) in [7, 11) is 0. The van der Waals surface area contributed by atoms with Gasteiger partial charge in [-0.15, -0.1) is 0 Å². The van der Waals surface area contributed by atoms with Crippen molar-refractivity contribution in [2.45, 2.75) is 44.8 Å². The zero-order valence-electron chi connectivity index (χ0n) is 7.09. The molecule has 1 saturated heterocycles. The van der Waals surface area contributed by atoms with Crippen LogP contribution in [0.3, 0.4) is 0 Å². The minimum Gasteiger partial charge on any atom is -0.357 e. The summed E-state index contributed by atoms with van der Waals surface area (Å²) < 4.78 is 5.49. The van der Waals surface area contributed by atoms with E-state index < -0.39 is 0 Å². The molecule has 62 valence electrons. The number of hydrogen-bond donors (Lipinski definition) is 0. The summed E-state index contributed by atoms with van der Waals surface area (Å²) in [5, 5.41) is 0. The summed E-state index contributed by atoms with van der Waals surface area (Å²) >= 11 is 0. The van der Waals surface area contributed by atoms with E-state index in [0.29, 0.717) is 11.7 Å². The van der Waals surface area contributed by atoms with Crippen LogP contribution in [0.25, 0.3) is 0 Å². The zero-order chi connectivity index (χ0) is 8.06. The normalized spacial score (nSPS) is 42.5. The van der Waals surface area contributed by atoms with Gasteiger partial charge in [0, 0.05) is 6.42 Å². The number of ether oxygens (including phenoxy) is 1. The molecule has 11 heavy (non-hydrogen) atoms. The monoisotopic (exact) mass is 154 g/mol. The second-order valence-corrected chi connectivity index (χ2v) is 3.93. The summed E-state index contributed by atoms with van der Waals surface area (Å²) in [5.41, 5.74) is -0.0324. The molecule has 1 aliphatic carbocycles. The van der Waals surface area contributed by atoms with Crippen LogP contribution in [-0.4, -0.2) is 17.5 Å². The fourth-order valence-corrected chi connectivity index (χ4v) is 2.11. The molecule has 0 unspecified atom stereocenters. The Bertz CT molecular complexity index is 198. The minimum atomic E-state index is -0.0324. The van der Waals surface area contributed by atoms with Crippen molar-refractivity contribution in [1.29, 1.82) is 0 Å². The third kappa shape index (κ3) is 0.853. The van der Waals surface area contributed by atoms with Crippen LogP contribution in [0, 0.1) is 5.92 Å². The number of Topliss-reactive ketones (excluding diaryl/α,β-unsaturated/α-hetero) is 1. The molecule has 2 atom stereocenters. The van der Waals surface area contributed by atoms with E-state index >= 15 is 0 Å². The van der Waals surface area contributed by atoms with Gasteiger partial charge in [0.1, 0.15) is 11.7 Å². The van der Waals surface area contributed by atoms with Crippen molar-refractivity contribution in [2.75, 3.05) is 0 Å². The maximum Gasteiger partial charge on any atom is 0.164 e. The average Bonchev–Trinajstić information content (AvgIpc) is 2.64. The van der Waals surface area contributed by atoms with Crippen LogP contribution in [0.4, 0.5) is 0 Å². The Hall–Kier alpha value is -0.370. The van der Waals surface area contributed by atoms with Crippen molar-refractivity contribution in [2.24, 2.45) is 5.92 Å². The molecular formula is C9H14O2. The van der Waals surface area contributed by atoms with Gasteiger partial charge in [0.15, 0.2) is 5.78 Å². The maximum atomic E-state index is 11.2. The van der Waals surface area contributed by atoms with Crippen LogP contribution >= 0.6 is 0 Å². The molecule has 0 aromatic carbocycles. The van der Waals surface area contributed by atoms with E-state index in [2.05, 4.69) is 13.8 Å². The van der Waals surface area contributed by atoms with Gasteiger partial charge in [-0.05, 0) is 18.8 Å². The lowest BCUT2D eigenvalue weighted by Gasteiger charge is -2.19. The minimum absolute atomic E-state index is 0.0313. The van der Waals surface area contributed by atoms with Crippen LogP contribution in [0.1, 0.15) is 33.1 Å². The highest BCUT2D eigenvalue weighted by Gasteiger charge is 2.63. The van der Waals surface area contributed by atoms with E-state index in [1.807, 2.05) is 0 Å². The quantitative estimate of drug-likeness (QED) is 0.536. The highest BCUT2D eigenvalue weighted by Crippen LogP contribution is 2.50. The Morgan fingerprint density at radius 2 is 2.36 bits per heavy atom. The van der Waals surface area contributed by atoms with Crippen molar-refractivity contribution in [1.82, 2.24) is 0 Å². The molecule has 2 aliphatic rings. The van der Waals surface area contributed by atoms with E-state index in [-0.39, 0.29) is 11.7 Å². The van der Waals surface area contributed by atoms with E-state index in [4.69, 9.17) is 4.74 Å². The summed E-state index contributed by atoms with van der Waals surface area (Å²) in [4.78, 5) is 11.2. The first-order chi connectivity index (χ1) is 5.17. The third-order valence-corrected chi connectivity index (χ3v) is 2.98. The average molecular weight is 154 g/mol. The number of ketones is 1. The molecule has 0 aromatic heterocycles. The first-order valence-corrected chi connectivity index (χ1v) is 4.37. The second-order valence-electron chi connectivity index (χ2n) is 3.93. The highest BCUT2D eigenvalue weighted by atomic mass is 16.6. The van der Waals surface area contributed by atoms with Gasteiger partial charge in [0.25, 0.3) is 0 Å². The number of carbonyl (C=O) groups is 1. The van der Waals surface area contributed by atoms with Crippen LogP contribution in [-0.2, 0) is 9.53 Å². The van der Waals surface area contributed by atoms with E-state index in [1.54, 1.807) is 0 Å². The van der Waals surface area contributed by atoms with Crippen molar-refractivity contribution in [3.05, 3.63) is 0 Å². The molecule has 2 heteroatoms. The SMILES string of the molecule is CC(C)[C@]12CCCC(=O)[C@H]1O2. The molecule has 0 amide bonds. The van der Waals surface area contributed by atoms with Crippen molar-refractivity contribution in [3.63, 3.8) is 0 Å². The maximum absolute atomic E-state index is 11.2. The molecular weight excluding hydrogens is 140 g/mol. The molecule has 1 aliphatic heterocycles. The van der Waals surface area contributed by atoms with Gasteiger partial charge in [-0.1, -0.05) is 13.8 Å². The van der Waals surface area contributed by atoms with Crippen molar-refractivity contribution >= 4 is 5.78 Å². The van der Waals surface area contributed by atoms with E-state index in [9.17, 15) is 4.79 Å². The lowest BCUT2D eigenvalue weighted by atomic mass is 9.81. The fraction of sp³-hybridized carbons (Fsp3) is 0.889. The first kappa shape index (κ1) is 7.29. The Morgan fingerprint density at radius 3 is 2.91 bits per heavy atom. The van der Waals surface area contributed by atoms with Gasteiger partial charge in [-0.2, -0.15) is 0 Å². The van der Waals surface area contributed by atoms with Gasteiger partial charge in [-0.25, -0.2) is 0 Å². The standard InChI is InChI=1S/C9H14O2/c1-6(2)9-5-3-4-7(10)8(9)11-9/h6,8H,3-5H2,1-2H3/t8-,9-/m1/s1. The number of fused-ring (bicyclic) bond motifs is 1. The predicted molar refractivity (Wildman–Crippen MR) is 41.3 cm³/mol. The van der Waals surface area contributed by atoms with Gasteiger partial charge >= 0.3 is 0 Å². The van der Waals surface area contributed by atoms with Crippen LogP contribution in [0.15, 0.2) is 0 Å². The molecule has 0 aromatic rings. The molecule has 2 nitrogen and oxygen atoms in total. The molecule has 1 heterocycles. The fourth-order valence-electron chi connectivity index (χ4n) is 2.11. The van der Waals surface area contributed by atoms with Gasteiger partial charge in [0.05, 0.1) is 0 Å². The Balaban J connectivity index is 2.14. The zero-order valence-corrected chi connectivity index (χ0v) is 7.09. The third-order valence-electron chi connectivity index (χ3n) is 2.98. The molecule has 0 spiro atoms.